The first-order valence-corrected chi connectivity index (χ1v) is 8.48. The number of ether oxygens (including phenoxy) is 3. The Bertz CT molecular complexity index is 517. The van der Waals surface area contributed by atoms with E-state index >= 15 is 0 Å². The number of carbonyl (C=O) groups is 2. The molecule has 0 saturated carbocycles. The molecule has 1 aliphatic heterocycles. The van der Waals surface area contributed by atoms with Gasteiger partial charge in [0.25, 0.3) is 7.57 Å². The fourth-order valence-electron chi connectivity index (χ4n) is 2.00. The summed E-state index contributed by atoms with van der Waals surface area (Å²) in [6.45, 7) is 7.23. The molecule has 0 radical (unpaired) electrons. The Hall–Kier alpha value is -0.920. The van der Waals surface area contributed by atoms with Crippen molar-refractivity contribution in [3.63, 3.8) is 0 Å². The normalized spacial score (nSPS) is 22.3. The van der Waals surface area contributed by atoms with Gasteiger partial charge in [0.2, 0.25) is 0 Å². The highest BCUT2D eigenvalue weighted by atomic mass is 31.2. The Labute approximate surface area is 136 Å². The maximum absolute atomic E-state index is 12.3. The number of hydrogen-bond acceptors (Lipinski definition) is 8. The Morgan fingerprint density at radius 2 is 1.39 bits per heavy atom. The highest BCUT2D eigenvalue weighted by Gasteiger charge is 2.57. The quantitative estimate of drug-likeness (QED) is 0.544. The van der Waals surface area contributed by atoms with Crippen LogP contribution in [0, 0.1) is 0 Å². The van der Waals surface area contributed by atoms with E-state index in [0.29, 0.717) is 0 Å². The second-order valence-electron chi connectivity index (χ2n) is 5.90. The number of rotatable bonds is 5. The van der Waals surface area contributed by atoms with Crippen molar-refractivity contribution >= 4 is 24.8 Å². The molecule has 1 heterocycles. The smallest absolute Gasteiger partial charge is 0.344 e. The number of esters is 2. The van der Waals surface area contributed by atoms with Crippen molar-refractivity contribution in [1.29, 1.82) is 0 Å². The van der Waals surface area contributed by atoms with Gasteiger partial charge >= 0.3 is 11.9 Å². The van der Waals surface area contributed by atoms with Gasteiger partial charge in [-0.3, -0.25) is 0 Å². The second-order valence-corrected chi connectivity index (χ2v) is 8.11. The summed E-state index contributed by atoms with van der Waals surface area (Å²) in [6, 6.07) is 0. The van der Waals surface area contributed by atoms with E-state index in [1.807, 2.05) is 27.7 Å². The van der Waals surface area contributed by atoms with Gasteiger partial charge in [-0.25, -0.2) is 9.59 Å². The van der Waals surface area contributed by atoms with Crippen LogP contribution in [-0.2, 0) is 37.4 Å². The lowest BCUT2D eigenvalue weighted by Crippen LogP contribution is -2.41. The lowest BCUT2D eigenvalue weighted by molar-refractivity contribution is -0.149. The summed E-state index contributed by atoms with van der Waals surface area (Å²) >= 11 is 0. The van der Waals surface area contributed by atoms with E-state index < -0.39 is 36.8 Å². The van der Waals surface area contributed by atoms with Crippen LogP contribution in [0.1, 0.15) is 27.7 Å². The van der Waals surface area contributed by atoms with E-state index in [9.17, 15) is 9.59 Å². The van der Waals surface area contributed by atoms with E-state index in [1.54, 1.807) is 0 Å². The summed E-state index contributed by atoms with van der Waals surface area (Å²) in [5.41, 5.74) is -1.55. The Morgan fingerprint density at radius 1 is 0.913 bits per heavy atom. The van der Waals surface area contributed by atoms with Gasteiger partial charge in [-0.2, -0.15) is 0 Å². The van der Waals surface area contributed by atoms with Crippen LogP contribution in [0.25, 0.3) is 0 Å². The number of carbonyl (C=O) groups excluding carboxylic acids is 2. The van der Waals surface area contributed by atoms with Crippen molar-refractivity contribution in [3.05, 3.63) is 0 Å². The molecule has 1 unspecified atom stereocenters. The zero-order valence-electron chi connectivity index (χ0n) is 14.8. The molecule has 0 aromatic carbocycles. The first-order chi connectivity index (χ1) is 10.5. The molecule has 9 heteroatoms. The van der Waals surface area contributed by atoms with E-state index in [2.05, 4.69) is 0 Å². The Balaban J connectivity index is 3.68. The largest absolute Gasteiger partial charge is 0.467 e. The lowest BCUT2D eigenvalue weighted by Gasteiger charge is -2.29. The van der Waals surface area contributed by atoms with E-state index in [4.69, 9.17) is 27.8 Å². The van der Waals surface area contributed by atoms with Crippen molar-refractivity contribution in [2.45, 2.75) is 45.0 Å². The second kappa shape index (κ2) is 6.91. The molecule has 23 heavy (non-hydrogen) atoms. The van der Waals surface area contributed by atoms with Crippen molar-refractivity contribution in [2.75, 3.05) is 28.4 Å². The van der Waals surface area contributed by atoms with Gasteiger partial charge in [-0.1, -0.05) is 0 Å². The molecule has 0 amide bonds. The zero-order chi connectivity index (χ0) is 18.1. The van der Waals surface area contributed by atoms with Gasteiger partial charge in [0.1, 0.15) is 11.2 Å². The van der Waals surface area contributed by atoms with E-state index in [1.165, 1.54) is 28.4 Å². The molecule has 1 aliphatic rings. The molecular formula is C14H25O8P. The monoisotopic (exact) mass is 352 g/mol. The summed E-state index contributed by atoms with van der Waals surface area (Å²) in [5, 5.41) is -0.171. The van der Waals surface area contributed by atoms with Gasteiger partial charge in [-0.05, 0) is 27.7 Å². The molecule has 8 nitrogen and oxygen atoms in total. The summed E-state index contributed by atoms with van der Waals surface area (Å²) < 4.78 is 32.1. The van der Waals surface area contributed by atoms with Crippen LogP contribution in [0.3, 0.4) is 0 Å². The minimum atomic E-state index is -3.38. The molecule has 1 saturated heterocycles. The van der Waals surface area contributed by atoms with Crippen LogP contribution in [0.5, 0.6) is 0 Å². The standard InChI is InChI=1S/C14H25O8P/c1-13(2)14(3,4)22-23(20-8,21-13)10(12(16)19-7)9(17-5)11(15)18-6/h9H,1-8H3. The summed E-state index contributed by atoms with van der Waals surface area (Å²) in [7, 11) is 1.61. The van der Waals surface area contributed by atoms with Gasteiger partial charge < -0.3 is 27.8 Å². The van der Waals surface area contributed by atoms with Crippen LogP contribution in [0.2, 0.25) is 0 Å². The van der Waals surface area contributed by atoms with Crippen LogP contribution in [0.15, 0.2) is 0 Å². The molecule has 0 aromatic rings. The predicted molar refractivity (Wildman–Crippen MR) is 84.1 cm³/mol. The van der Waals surface area contributed by atoms with Crippen LogP contribution in [0.4, 0.5) is 0 Å². The van der Waals surface area contributed by atoms with Gasteiger partial charge in [0.05, 0.1) is 14.2 Å². The molecule has 1 rings (SSSR count). The number of hydrogen-bond donors (Lipinski definition) is 0. The molecule has 1 fully saturated rings. The van der Waals surface area contributed by atoms with Crippen LogP contribution >= 0.6 is 7.57 Å². The molecule has 0 N–H and O–H groups in total. The SMILES string of the molecule is COC(=O)C(C(OC)C(=O)OC)=P1(OC)OC(C)(C)C(C)(C)O1. The highest BCUT2D eigenvalue weighted by molar-refractivity contribution is 7.65. The van der Waals surface area contributed by atoms with Crippen LogP contribution < -0.4 is 0 Å². The van der Waals surface area contributed by atoms with Gasteiger partial charge in [-0.15, -0.1) is 0 Å². The topological polar surface area (TPSA) is 89.5 Å². The van der Waals surface area contributed by atoms with Crippen molar-refractivity contribution in [1.82, 2.24) is 0 Å². The predicted octanol–water partition coefficient (Wildman–Crippen LogP) is 1.53. The number of methoxy groups -OCH3 is 3. The van der Waals surface area contributed by atoms with E-state index in [-0.39, 0.29) is 5.29 Å². The molecule has 0 bridgehead atoms. The molecule has 0 aromatic heterocycles. The maximum Gasteiger partial charge on any atom is 0.344 e. The van der Waals surface area contributed by atoms with Crippen LogP contribution in [-0.4, -0.2) is 63.0 Å². The Kier molecular flexibility index (Phi) is 6.04. The molecule has 0 aliphatic carbocycles. The minimum Gasteiger partial charge on any atom is -0.467 e. The lowest BCUT2D eigenvalue weighted by atomic mass is 9.90. The zero-order valence-corrected chi connectivity index (χ0v) is 15.7. The first kappa shape index (κ1) is 20.1. The summed E-state index contributed by atoms with van der Waals surface area (Å²) in [4.78, 5) is 24.4. The van der Waals surface area contributed by atoms with Crippen molar-refractivity contribution < 1.29 is 37.4 Å². The third-order valence-corrected chi connectivity index (χ3v) is 6.86. The van der Waals surface area contributed by atoms with Crippen molar-refractivity contribution in [3.8, 4) is 0 Å². The molecule has 1 atom stereocenters. The van der Waals surface area contributed by atoms with Crippen molar-refractivity contribution in [2.24, 2.45) is 0 Å². The first-order valence-electron chi connectivity index (χ1n) is 6.94. The average molecular weight is 352 g/mol. The summed E-state index contributed by atoms with van der Waals surface area (Å²) in [5.74, 6) is -1.59. The molecule has 0 spiro atoms. The minimum absolute atomic E-state index is 0.171. The molecular weight excluding hydrogens is 327 g/mol. The molecule has 134 valence electrons. The Morgan fingerprint density at radius 3 is 1.70 bits per heavy atom. The fraction of sp³-hybridized carbons (Fsp3) is 0.786. The summed E-state index contributed by atoms with van der Waals surface area (Å²) in [6.07, 6.45) is -1.36. The third kappa shape index (κ3) is 3.46. The fourth-order valence-corrected chi connectivity index (χ4v) is 5.04. The van der Waals surface area contributed by atoms with Gasteiger partial charge in [0.15, 0.2) is 11.4 Å². The third-order valence-electron chi connectivity index (χ3n) is 3.98. The van der Waals surface area contributed by atoms with E-state index in [0.717, 1.165) is 0 Å². The average Bonchev–Trinajstić information content (AvgIpc) is 2.68. The van der Waals surface area contributed by atoms with Gasteiger partial charge in [0, 0.05) is 14.2 Å². The maximum atomic E-state index is 12.3. The highest BCUT2D eigenvalue weighted by Crippen LogP contribution is 2.66.